The largest absolute Gasteiger partial charge is 0.416 e. The van der Waals surface area contributed by atoms with Gasteiger partial charge >= 0.3 is 6.18 Å². The average molecular weight is 420 g/mol. The van der Waals surface area contributed by atoms with Gasteiger partial charge in [0.1, 0.15) is 0 Å². The highest BCUT2D eigenvalue weighted by molar-refractivity contribution is 7.90. The molecule has 1 aromatic heterocycles. The predicted molar refractivity (Wildman–Crippen MR) is 99.4 cm³/mol. The van der Waals surface area contributed by atoms with E-state index in [1.54, 1.807) is 6.07 Å². The molecule has 1 saturated carbocycles. The van der Waals surface area contributed by atoms with Crippen LogP contribution in [0.1, 0.15) is 23.5 Å². The summed E-state index contributed by atoms with van der Waals surface area (Å²) in [6.07, 6.45) is -1.44. The number of pyridine rings is 1. The number of sulfonamides is 1. The first-order chi connectivity index (χ1) is 13.7. The predicted octanol–water partition coefficient (Wildman–Crippen LogP) is 3.86. The number of carbonyl (C=O) groups excluding carboxylic acids is 1. The molecule has 0 spiro atoms. The van der Waals surface area contributed by atoms with E-state index in [2.05, 4.69) is 4.98 Å². The highest BCUT2D eigenvalue weighted by Gasteiger charge is 2.48. The van der Waals surface area contributed by atoms with Crippen molar-refractivity contribution in [1.82, 2.24) is 9.71 Å². The SMILES string of the molecule is O=C(NS(=O)(=O)c1cccc2cnccc12)C1CC1c1ccccc1C(F)(F)F. The van der Waals surface area contributed by atoms with E-state index in [0.717, 1.165) is 6.07 Å². The van der Waals surface area contributed by atoms with Gasteiger partial charge in [-0.2, -0.15) is 13.2 Å². The summed E-state index contributed by atoms with van der Waals surface area (Å²) in [7, 11) is -4.18. The number of amides is 1. The molecule has 29 heavy (non-hydrogen) atoms. The van der Waals surface area contributed by atoms with Crippen LogP contribution in [0.15, 0.2) is 65.8 Å². The van der Waals surface area contributed by atoms with Crippen molar-refractivity contribution >= 4 is 26.7 Å². The maximum absolute atomic E-state index is 13.2. The molecule has 0 aliphatic heterocycles. The van der Waals surface area contributed by atoms with E-state index in [0.29, 0.717) is 10.8 Å². The third kappa shape index (κ3) is 3.69. The first kappa shape index (κ1) is 19.4. The van der Waals surface area contributed by atoms with Crippen LogP contribution < -0.4 is 4.72 Å². The number of nitrogens with one attached hydrogen (secondary N) is 1. The van der Waals surface area contributed by atoms with Gasteiger partial charge < -0.3 is 0 Å². The van der Waals surface area contributed by atoms with Crippen LogP contribution in [0.5, 0.6) is 0 Å². The van der Waals surface area contributed by atoms with Gasteiger partial charge in [-0.25, -0.2) is 13.1 Å². The Morgan fingerprint density at radius 2 is 1.83 bits per heavy atom. The number of benzene rings is 2. The number of fused-ring (bicyclic) bond motifs is 1. The normalized spacial score (nSPS) is 19.1. The van der Waals surface area contributed by atoms with Gasteiger partial charge in [0.05, 0.1) is 10.5 Å². The van der Waals surface area contributed by atoms with Crippen molar-refractivity contribution in [3.63, 3.8) is 0 Å². The van der Waals surface area contributed by atoms with Crippen LogP contribution in [0.4, 0.5) is 13.2 Å². The zero-order chi connectivity index (χ0) is 20.8. The van der Waals surface area contributed by atoms with E-state index in [1.165, 1.54) is 48.8 Å². The summed E-state index contributed by atoms with van der Waals surface area (Å²) in [6, 6.07) is 11.1. The Morgan fingerprint density at radius 3 is 2.59 bits per heavy atom. The summed E-state index contributed by atoms with van der Waals surface area (Å²) in [4.78, 5) is 16.3. The number of nitrogens with zero attached hydrogens (tertiary/aromatic N) is 1. The molecule has 1 heterocycles. The standard InChI is InChI=1S/C20H15F3N2O3S/c21-20(22,23)17-6-2-1-5-14(17)15-10-16(15)19(26)25-29(27,28)18-7-3-4-12-11-24-9-8-13(12)18/h1-9,11,15-16H,10H2,(H,25,26). The van der Waals surface area contributed by atoms with Crippen molar-refractivity contribution in [1.29, 1.82) is 0 Å². The molecule has 1 aliphatic rings. The van der Waals surface area contributed by atoms with E-state index in [4.69, 9.17) is 0 Å². The maximum Gasteiger partial charge on any atom is 0.416 e. The number of hydrogen-bond acceptors (Lipinski definition) is 4. The molecule has 0 bridgehead atoms. The summed E-state index contributed by atoms with van der Waals surface area (Å²) < 4.78 is 67.1. The number of halogens is 3. The Labute approximate surface area is 164 Å². The average Bonchev–Trinajstić information content (AvgIpc) is 3.47. The molecule has 1 amide bonds. The molecule has 9 heteroatoms. The first-order valence-corrected chi connectivity index (χ1v) is 10.2. The van der Waals surface area contributed by atoms with Crippen molar-refractivity contribution < 1.29 is 26.4 Å². The lowest BCUT2D eigenvalue weighted by Gasteiger charge is -2.13. The number of rotatable bonds is 4. The molecule has 1 fully saturated rings. The summed E-state index contributed by atoms with van der Waals surface area (Å²) in [5.41, 5.74) is -0.793. The van der Waals surface area contributed by atoms with Crippen molar-refractivity contribution in [3.8, 4) is 0 Å². The monoisotopic (exact) mass is 420 g/mol. The zero-order valence-corrected chi connectivity index (χ0v) is 15.7. The molecule has 0 radical (unpaired) electrons. The van der Waals surface area contributed by atoms with E-state index >= 15 is 0 Å². The third-order valence-corrected chi connectivity index (χ3v) is 6.36. The molecule has 2 aromatic carbocycles. The lowest BCUT2D eigenvalue weighted by atomic mass is 10.0. The smallest absolute Gasteiger partial charge is 0.274 e. The Morgan fingerprint density at radius 1 is 1.07 bits per heavy atom. The van der Waals surface area contributed by atoms with Crippen LogP contribution in [-0.4, -0.2) is 19.3 Å². The zero-order valence-electron chi connectivity index (χ0n) is 14.8. The maximum atomic E-state index is 13.2. The molecular formula is C20H15F3N2O3S. The molecule has 2 unspecified atom stereocenters. The number of carbonyl (C=O) groups is 1. The van der Waals surface area contributed by atoms with E-state index < -0.39 is 39.5 Å². The molecular weight excluding hydrogens is 405 g/mol. The Hall–Kier alpha value is -2.94. The van der Waals surface area contributed by atoms with Crippen molar-refractivity contribution in [3.05, 3.63) is 72.1 Å². The Bertz CT molecular complexity index is 1200. The summed E-state index contributed by atoms with van der Waals surface area (Å²) in [5, 5.41) is 0.990. The van der Waals surface area contributed by atoms with Crippen LogP contribution in [0.25, 0.3) is 10.8 Å². The van der Waals surface area contributed by atoms with E-state index in [1.807, 2.05) is 4.72 Å². The molecule has 5 nitrogen and oxygen atoms in total. The van der Waals surface area contributed by atoms with Gasteiger partial charge in [-0.15, -0.1) is 0 Å². The number of hydrogen-bond donors (Lipinski definition) is 1. The molecule has 150 valence electrons. The minimum Gasteiger partial charge on any atom is -0.274 e. The number of aromatic nitrogens is 1. The summed E-state index contributed by atoms with van der Waals surface area (Å²) >= 11 is 0. The van der Waals surface area contributed by atoms with Crippen LogP contribution in [0.3, 0.4) is 0 Å². The number of alkyl halides is 3. The van der Waals surface area contributed by atoms with Crippen molar-refractivity contribution in [2.24, 2.45) is 5.92 Å². The van der Waals surface area contributed by atoms with Gasteiger partial charge in [-0.3, -0.25) is 9.78 Å². The van der Waals surface area contributed by atoms with E-state index in [-0.39, 0.29) is 16.9 Å². The molecule has 2 atom stereocenters. The first-order valence-electron chi connectivity index (χ1n) is 8.74. The Kier molecular flexibility index (Phi) is 4.57. The minimum absolute atomic E-state index is 0.00813. The minimum atomic E-state index is -4.54. The second-order valence-electron chi connectivity index (χ2n) is 6.86. The second-order valence-corrected chi connectivity index (χ2v) is 8.51. The topological polar surface area (TPSA) is 76.1 Å². The Balaban J connectivity index is 1.57. The van der Waals surface area contributed by atoms with Gasteiger partial charge in [0.25, 0.3) is 10.0 Å². The highest BCUT2D eigenvalue weighted by Crippen LogP contribution is 2.51. The third-order valence-electron chi connectivity index (χ3n) is 4.96. The van der Waals surface area contributed by atoms with Gasteiger partial charge in [-0.05, 0) is 36.1 Å². The van der Waals surface area contributed by atoms with E-state index in [9.17, 15) is 26.4 Å². The van der Waals surface area contributed by atoms with Gasteiger partial charge in [0, 0.05) is 29.1 Å². The van der Waals surface area contributed by atoms with Gasteiger partial charge in [0.2, 0.25) is 5.91 Å². The fourth-order valence-electron chi connectivity index (χ4n) is 3.50. The summed E-state index contributed by atoms with van der Waals surface area (Å²) in [6.45, 7) is 0. The van der Waals surface area contributed by atoms with Gasteiger partial charge in [-0.1, -0.05) is 30.3 Å². The fraction of sp³-hybridized carbons (Fsp3) is 0.200. The second kappa shape index (κ2) is 6.84. The highest BCUT2D eigenvalue weighted by atomic mass is 32.2. The van der Waals surface area contributed by atoms with Crippen LogP contribution >= 0.6 is 0 Å². The molecule has 1 aliphatic carbocycles. The van der Waals surface area contributed by atoms with Crippen molar-refractivity contribution in [2.75, 3.05) is 0 Å². The van der Waals surface area contributed by atoms with Crippen molar-refractivity contribution in [2.45, 2.75) is 23.4 Å². The fourth-order valence-corrected chi connectivity index (χ4v) is 4.76. The lowest BCUT2D eigenvalue weighted by Crippen LogP contribution is -2.32. The van der Waals surface area contributed by atoms with Crippen LogP contribution in [0.2, 0.25) is 0 Å². The van der Waals surface area contributed by atoms with Crippen LogP contribution in [-0.2, 0) is 21.0 Å². The van der Waals surface area contributed by atoms with Crippen LogP contribution in [0, 0.1) is 5.92 Å². The molecule has 4 rings (SSSR count). The van der Waals surface area contributed by atoms with Gasteiger partial charge in [0.15, 0.2) is 0 Å². The summed E-state index contributed by atoms with van der Waals surface area (Å²) in [5.74, 6) is -2.30. The lowest BCUT2D eigenvalue weighted by molar-refractivity contribution is -0.138. The molecule has 0 saturated heterocycles. The molecule has 1 N–H and O–H groups in total. The molecule has 3 aromatic rings. The quantitative estimate of drug-likeness (QED) is 0.696.